The predicted octanol–water partition coefficient (Wildman–Crippen LogP) is 3.15. The Morgan fingerprint density at radius 3 is 2.08 bits per heavy atom. The third-order valence-electron chi connectivity index (χ3n) is 2.21. The second-order valence-electron chi connectivity index (χ2n) is 3.42. The van der Waals surface area contributed by atoms with Gasteiger partial charge in [0.2, 0.25) is 0 Å². The van der Waals surface area contributed by atoms with Crippen LogP contribution in [0, 0.1) is 18.6 Å². The summed E-state index contributed by atoms with van der Waals surface area (Å²) in [7, 11) is 0. The molecule has 0 atom stereocenters. The van der Waals surface area contributed by atoms with Crippen molar-refractivity contribution >= 4 is 0 Å². The summed E-state index contributed by atoms with van der Waals surface area (Å²) in [6.07, 6.45) is 1.85. The normalized spacial score (nSPS) is 16.6. The van der Waals surface area contributed by atoms with Crippen LogP contribution in [0.25, 0.3) is 0 Å². The van der Waals surface area contributed by atoms with E-state index in [0.717, 1.165) is 12.8 Å². The molecule has 0 amide bonds. The van der Waals surface area contributed by atoms with Gasteiger partial charge in [0.05, 0.1) is 0 Å². The van der Waals surface area contributed by atoms with E-state index in [4.69, 9.17) is 0 Å². The van der Waals surface area contributed by atoms with Crippen molar-refractivity contribution in [2.75, 3.05) is 0 Å². The van der Waals surface area contributed by atoms with Gasteiger partial charge in [-0.05, 0) is 43.4 Å². The van der Waals surface area contributed by atoms with Crippen LogP contribution in [0.2, 0.25) is 0 Å². The van der Waals surface area contributed by atoms with Crippen molar-refractivity contribution in [2.24, 2.45) is 0 Å². The number of benzene rings is 1. The summed E-state index contributed by atoms with van der Waals surface area (Å²) in [4.78, 5) is 0. The van der Waals surface area contributed by atoms with Gasteiger partial charge < -0.3 is 0 Å². The average Bonchev–Trinajstić information content (AvgIpc) is 2.68. The second-order valence-corrected chi connectivity index (χ2v) is 3.42. The largest absolute Gasteiger partial charge is 0.207 e. The van der Waals surface area contributed by atoms with Gasteiger partial charge in [-0.25, -0.2) is 8.78 Å². The Morgan fingerprint density at radius 1 is 1.17 bits per heavy atom. The van der Waals surface area contributed by atoms with Crippen LogP contribution in [0.5, 0.6) is 0 Å². The summed E-state index contributed by atoms with van der Waals surface area (Å²) in [5, 5.41) is 0. The zero-order valence-electron chi connectivity index (χ0n) is 6.90. The Labute approximate surface area is 70.2 Å². The summed E-state index contributed by atoms with van der Waals surface area (Å²) in [5.74, 6) is -0.615. The molecule has 2 rings (SSSR count). The maximum absolute atomic E-state index is 13.2. The highest BCUT2D eigenvalue weighted by molar-refractivity contribution is 5.30. The smallest absolute Gasteiger partial charge is 0.129 e. The topological polar surface area (TPSA) is 0 Å². The van der Waals surface area contributed by atoms with E-state index in [1.807, 2.05) is 0 Å². The lowest BCUT2D eigenvalue weighted by Crippen LogP contribution is -1.94. The quantitative estimate of drug-likeness (QED) is 0.604. The number of hydrogen-bond acceptors (Lipinski definition) is 0. The zero-order valence-corrected chi connectivity index (χ0v) is 6.90. The van der Waals surface area contributed by atoms with Crippen molar-refractivity contribution in [1.29, 1.82) is 0 Å². The molecule has 0 radical (unpaired) electrons. The van der Waals surface area contributed by atoms with Gasteiger partial charge in [0.15, 0.2) is 0 Å². The summed E-state index contributed by atoms with van der Waals surface area (Å²) >= 11 is 0. The van der Waals surface area contributed by atoms with Crippen molar-refractivity contribution in [3.8, 4) is 0 Å². The molecule has 0 saturated heterocycles. The van der Waals surface area contributed by atoms with Crippen molar-refractivity contribution in [3.63, 3.8) is 0 Å². The summed E-state index contributed by atoms with van der Waals surface area (Å²) in [6, 6.07) is 2.80. The lowest BCUT2D eigenvalue weighted by molar-refractivity contribution is 0.555. The number of aryl methyl sites for hydroxylation is 1. The fourth-order valence-corrected chi connectivity index (χ4v) is 1.47. The minimum absolute atomic E-state index is 0.144. The van der Waals surface area contributed by atoms with Crippen LogP contribution in [0.3, 0.4) is 0 Å². The Bertz CT molecular complexity index is 291. The molecule has 0 aliphatic heterocycles. The van der Waals surface area contributed by atoms with E-state index >= 15 is 0 Å². The van der Waals surface area contributed by atoms with E-state index in [9.17, 15) is 8.78 Å². The summed E-state index contributed by atoms with van der Waals surface area (Å²) < 4.78 is 26.3. The van der Waals surface area contributed by atoms with Gasteiger partial charge in [-0.15, -0.1) is 0 Å². The van der Waals surface area contributed by atoms with Crippen molar-refractivity contribution in [1.82, 2.24) is 0 Å². The van der Waals surface area contributed by atoms with Crippen LogP contribution in [-0.4, -0.2) is 0 Å². The number of halogens is 2. The molecule has 0 aromatic heterocycles. The SMILES string of the molecule is Cc1cc(F)c(C2CC2)c(F)c1. The Hall–Kier alpha value is -0.920. The number of hydrogen-bond donors (Lipinski definition) is 0. The fourth-order valence-electron chi connectivity index (χ4n) is 1.47. The number of rotatable bonds is 1. The molecular weight excluding hydrogens is 158 g/mol. The molecule has 1 aromatic carbocycles. The zero-order chi connectivity index (χ0) is 8.72. The Morgan fingerprint density at radius 2 is 1.67 bits per heavy atom. The Balaban J connectivity index is 2.51. The molecule has 1 saturated carbocycles. The van der Waals surface area contributed by atoms with Gasteiger partial charge in [-0.2, -0.15) is 0 Å². The van der Waals surface area contributed by atoms with Gasteiger partial charge in [0.25, 0.3) is 0 Å². The first-order valence-corrected chi connectivity index (χ1v) is 4.14. The molecule has 0 N–H and O–H groups in total. The molecule has 0 spiro atoms. The van der Waals surface area contributed by atoms with E-state index in [1.165, 1.54) is 12.1 Å². The molecule has 0 bridgehead atoms. The monoisotopic (exact) mass is 168 g/mol. The van der Waals surface area contributed by atoms with E-state index in [2.05, 4.69) is 0 Å². The first-order valence-electron chi connectivity index (χ1n) is 4.14. The maximum atomic E-state index is 13.2. The molecule has 64 valence electrons. The predicted molar refractivity (Wildman–Crippen MR) is 43.1 cm³/mol. The highest BCUT2D eigenvalue weighted by atomic mass is 19.1. The molecule has 1 fully saturated rings. The average molecular weight is 168 g/mol. The first kappa shape index (κ1) is 7.71. The van der Waals surface area contributed by atoms with Gasteiger partial charge in [0.1, 0.15) is 11.6 Å². The van der Waals surface area contributed by atoms with E-state index < -0.39 is 0 Å². The third kappa shape index (κ3) is 1.22. The molecule has 0 unspecified atom stereocenters. The van der Waals surface area contributed by atoms with E-state index in [-0.39, 0.29) is 17.6 Å². The van der Waals surface area contributed by atoms with E-state index in [0.29, 0.717) is 11.1 Å². The third-order valence-corrected chi connectivity index (χ3v) is 2.21. The van der Waals surface area contributed by atoms with Crippen LogP contribution < -0.4 is 0 Å². The summed E-state index contributed by atoms with van der Waals surface area (Å²) in [5.41, 5.74) is 0.940. The van der Waals surface area contributed by atoms with E-state index in [1.54, 1.807) is 6.92 Å². The molecule has 0 nitrogen and oxygen atoms in total. The molecule has 12 heavy (non-hydrogen) atoms. The fraction of sp³-hybridized carbons (Fsp3) is 0.400. The van der Waals surface area contributed by atoms with Crippen LogP contribution in [0.1, 0.15) is 29.9 Å². The van der Waals surface area contributed by atoms with Gasteiger partial charge in [0, 0.05) is 5.56 Å². The van der Waals surface area contributed by atoms with Crippen molar-refractivity contribution in [3.05, 3.63) is 34.9 Å². The van der Waals surface area contributed by atoms with Gasteiger partial charge in [-0.3, -0.25) is 0 Å². The van der Waals surface area contributed by atoms with Gasteiger partial charge >= 0.3 is 0 Å². The first-order chi connectivity index (χ1) is 5.68. The van der Waals surface area contributed by atoms with Crippen molar-refractivity contribution in [2.45, 2.75) is 25.7 Å². The molecule has 1 aliphatic rings. The van der Waals surface area contributed by atoms with Crippen LogP contribution in [0.15, 0.2) is 12.1 Å². The lowest BCUT2D eigenvalue weighted by Gasteiger charge is -2.03. The molecule has 1 aliphatic carbocycles. The summed E-state index contributed by atoms with van der Waals surface area (Å²) in [6.45, 7) is 1.70. The highest BCUT2D eigenvalue weighted by Gasteiger charge is 2.29. The van der Waals surface area contributed by atoms with Crippen LogP contribution in [0.4, 0.5) is 8.78 Å². The minimum atomic E-state index is -0.380. The van der Waals surface area contributed by atoms with Crippen molar-refractivity contribution < 1.29 is 8.78 Å². The molecule has 2 heteroatoms. The molecule has 1 aromatic rings. The molecular formula is C10H10F2. The second kappa shape index (κ2) is 2.54. The standard InChI is InChI=1S/C10H10F2/c1-6-4-8(11)10(7-2-3-7)9(12)5-6/h4-5,7H,2-3H2,1H3. The lowest BCUT2D eigenvalue weighted by atomic mass is 10.1. The van der Waals surface area contributed by atoms with Crippen LogP contribution >= 0.6 is 0 Å². The Kier molecular flexibility index (Phi) is 1.63. The molecule has 0 heterocycles. The maximum Gasteiger partial charge on any atom is 0.129 e. The van der Waals surface area contributed by atoms with Gasteiger partial charge in [-0.1, -0.05) is 0 Å². The highest BCUT2D eigenvalue weighted by Crippen LogP contribution is 2.42. The van der Waals surface area contributed by atoms with Crippen LogP contribution in [-0.2, 0) is 0 Å². The minimum Gasteiger partial charge on any atom is -0.207 e.